The molecule has 4 heteroatoms. The number of hydrogen-bond donors (Lipinski definition) is 1. The number of aliphatic hydroxyl groups excluding tert-OH is 1. The third kappa shape index (κ3) is 4.82. The van der Waals surface area contributed by atoms with Crippen molar-refractivity contribution in [3.05, 3.63) is 35.9 Å². The standard InChI is InChI=1S/C21H32O4/c1-23-17-25-21(11-6-12-22)14-19-9-5-10-20(13-19,16-21)24-15-18-7-3-2-4-8-18/h2-4,7-8,19,22H,5-6,9-17H2,1H3. The summed E-state index contributed by atoms with van der Waals surface area (Å²) in [5.41, 5.74) is 0.905. The Bertz CT molecular complexity index is 510. The molecule has 2 aliphatic carbocycles. The van der Waals surface area contributed by atoms with Gasteiger partial charge in [0.25, 0.3) is 0 Å². The van der Waals surface area contributed by atoms with Gasteiger partial charge in [-0.1, -0.05) is 43.2 Å². The van der Waals surface area contributed by atoms with Gasteiger partial charge in [0.15, 0.2) is 0 Å². The van der Waals surface area contributed by atoms with Gasteiger partial charge in [-0.2, -0.15) is 0 Å². The number of methoxy groups -OCH3 is 1. The van der Waals surface area contributed by atoms with Crippen LogP contribution in [-0.4, -0.2) is 36.8 Å². The van der Waals surface area contributed by atoms with Crippen LogP contribution in [0.1, 0.15) is 56.9 Å². The molecule has 3 atom stereocenters. The lowest BCUT2D eigenvalue weighted by Crippen LogP contribution is -2.53. The Kier molecular flexibility index (Phi) is 6.50. The van der Waals surface area contributed by atoms with Crippen molar-refractivity contribution in [1.82, 2.24) is 0 Å². The summed E-state index contributed by atoms with van der Waals surface area (Å²) in [6.07, 6.45) is 8.35. The SMILES string of the molecule is COCOC1(CCCO)CC2CCCC(OCc3ccccc3)(C2)C1. The number of benzene rings is 1. The van der Waals surface area contributed by atoms with E-state index < -0.39 is 0 Å². The lowest BCUT2D eigenvalue weighted by atomic mass is 9.62. The minimum atomic E-state index is -0.223. The Morgan fingerprint density at radius 3 is 2.76 bits per heavy atom. The largest absolute Gasteiger partial charge is 0.396 e. The predicted molar refractivity (Wildman–Crippen MR) is 97.2 cm³/mol. The van der Waals surface area contributed by atoms with Crippen molar-refractivity contribution in [2.45, 2.75) is 69.2 Å². The zero-order valence-electron chi connectivity index (χ0n) is 15.4. The molecular weight excluding hydrogens is 316 g/mol. The van der Waals surface area contributed by atoms with E-state index in [0.717, 1.165) is 38.5 Å². The number of rotatable bonds is 9. The second-order valence-electron chi connectivity index (χ2n) is 7.86. The molecule has 0 aliphatic heterocycles. The van der Waals surface area contributed by atoms with E-state index in [4.69, 9.17) is 14.2 Å². The van der Waals surface area contributed by atoms with E-state index in [1.165, 1.54) is 18.4 Å². The van der Waals surface area contributed by atoms with Crippen molar-refractivity contribution in [3.63, 3.8) is 0 Å². The van der Waals surface area contributed by atoms with Crippen LogP contribution in [0.15, 0.2) is 30.3 Å². The molecule has 2 bridgehead atoms. The van der Waals surface area contributed by atoms with Crippen LogP contribution in [-0.2, 0) is 20.8 Å². The first kappa shape index (κ1) is 18.8. The van der Waals surface area contributed by atoms with E-state index in [1.54, 1.807) is 7.11 Å². The van der Waals surface area contributed by atoms with Crippen molar-refractivity contribution in [2.24, 2.45) is 5.92 Å². The second-order valence-corrected chi connectivity index (χ2v) is 7.86. The van der Waals surface area contributed by atoms with Crippen LogP contribution in [0, 0.1) is 5.92 Å². The van der Waals surface area contributed by atoms with Gasteiger partial charge in [0, 0.05) is 20.1 Å². The number of aliphatic hydroxyl groups is 1. The smallest absolute Gasteiger partial charge is 0.147 e. The van der Waals surface area contributed by atoms with Crippen LogP contribution in [0.25, 0.3) is 0 Å². The summed E-state index contributed by atoms with van der Waals surface area (Å²) in [6.45, 7) is 1.18. The molecule has 0 radical (unpaired) electrons. The van der Waals surface area contributed by atoms with Crippen LogP contribution in [0.4, 0.5) is 0 Å². The number of ether oxygens (including phenoxy) is 3. The van der Waals surface area contributed by atoms with Gasteiger partial charge in [0.05, 0.1) is 17.8 Å². The highest BCUT2D eigenvalue weighted by Crippen LogP contribution is 2.52. The van der Waals surface area contributed by atoms with Crippen LogP contribution >= 0.6 is 0 Å². The summed E-state index contributed by atoms with van der Waals surface area (Å²) in [5, 5.41) is 9.34. The summed E-state index contributed by atoms with van der Waals surface area (Å²) in [4.78, 5) is 0. The van der Waals surface area contributed by atoms with Gasteiger partial charge >= 0.3 is 0 Å². The van der Waals surface area contributed by atoms with Gasteiger partial charge in [0.1, 0.15) is 6.79 Å². The Hall–Kier alpha value is -0.940. The molecule has 0 amide bonds. The summed E-state index contributed by atoms with van der Waals surface area (Å²) >= 11 is 0. The van der Waals surface area contributed by atoms with Gasteiger partial charge < -0.3 is 19.3 Å². The normalized spacial score (nSPS) is 31.8. The molecule has 1 N–H and O–H groups in total. The molecule has 4 nitrogen and oxygen atoms in total. The van der Waals surface area contributed by atoms with Gasteiger partial charge in [-0.15, -0.1) is 0 Å². The molecule has 2 saturated carbocycles. The molecule has 0 aromatic heterocycles. The molecule has 3 unspecified atom stereocenters. The van der Waals surface area contributed by atoms with Crippen molar-refractivity contribution in [2.75, 3.05) is 20.5 Å². The lowest BCUT2D eigenvalue weighted by molar-refractivity contribution is -0.219. The lowest BCUT2D eigenvalue weighted by Gasteiger charge is -2.53. The first-order valence-corrected chi connectivity index (χ1v) is 9.61. The minimum absolute atomic E-state index is 0.0970. The quantitative estimate of drug-likeness (QED) is 0.684. The van der Waals surface area contributed by atoms with Crippen LogP contribution in [0.2, 0.25) is 0 Å². The van der Waals surface area contributed by atoms with Crippen LogP contribution < -0.4 is 0 Å². The molecular formula is C21H32O4. The topological polar surface area (TPSA) is 47.9 Å². The molecule has 2 fully saturated rings. The molecule has 25 heavy (non-hydrogen) atoms. The molecule has 0 spiro atoms. The monoisotopic (exact) mass is 348 g/mol. The Morgan fingerprint density at radius 2 is 2.00 bits per heavy atom. The summed E-state index contributed by atoms with van der Waals surface area (Å²) in [5.74, 6) is 0.647. The fourth-order valence-electron chi connectivity index (χ4n) is 4.91. The van der Waals surface area contributed by atoms with E-state index >= 15 is 0 Å². The van der Waals surface area contributed by atoms with Gasteiger partial charge in [-0.3, -0.25) is 0 Å². The highest BCUT2D eigenvalue weighted by atomic mass is 16.7. The van der Waals surface area contributed by atoms with Crippen molar-refractivity contribution >= 4 is 0 Å². The first-order chi connectivity index (χ1) is 12.2. The third-order valence-corrected chi connectivity index (χ3v) is 5.87. The molecule has 1 aromatic rings. The maximum absolute atomic E-state index is 9.34. The zero-order chi connectivity index (χ0) is 17.6. The molecule has 2 aliphatic rings. The summed E-state index contributed by atoms with van der Waals surface area (Å²) in [7, 11) is 1.67. The average Bonchev–Trinajstić information content (AvgIpc) is 2.64. The molecule has 0 saturated heterocycles. The maximum Gasteiger partial charge on any atom is 0.147 e. The van der Waals surface area contributed by atoms with E-state index in [2.05, 4.69) is 24.3 Å². The molecule has 1 aromatic carbocycles. The van der Waals surface area contributed by atoms with Crippen molar-refractivity contribution < 1.29 is 19.3 Å². The molecule has 0 heterocycles. The summed E-state index contributed by atoms with van der Waals surface area (Å²) in [6, 6.07) is 10.4. The highest BCUT2D eigenvalue weighted by Gasteiger charge is 2.51. The van der Waals surface area contributed by atoms with E-state index in [0.29, 0.717) is 19.3 Å². The fourth-order valence-corrected chi connectivity index (χ4v) is 4.91. The van der Waals surface area contributed by atoms with Crippen molar-refractivity contribution in [3.8, 4) is 0 Å². The zero-order valence-corrected chi connectivity index (χ0v) is 15.4. The predicted octanol–water partition coefficient (Wildman–Crippen LogP) is 4.06. The number of hydrogen-bond acceptors (Lipinski definition) is 4. The third-order valence-electron chi connectivity index (χ3n) is 5.87. The number of fused-ring (bicyclic) bond motifs is 2. The van der Waals surface area contributed by atoms with Gasteiger partial charge in [-0.25, -0.2) is 0 Å². The van der Waals surface area contributed by atoms with E-state index in [-0.39, 0.29) is 17.8 Å². The maximum atomic E-state index is 9.34. The Morgan fingerprint density at radius 1 is 1.16 bits per heavy atom. The Labute approximate surface area is 151 Å². The second kappa shape index (κ2) is 8.63. The van der Waals surface area contributed by atoms with Crippen molar-refractivity contribution in [1.29, 1.82) is 0 Å². The van der Waals surface area contributed by atoms with Crippen LogP contribution in [0.5, 0.6) is 0 Å². The molecule has 3 rings (SSSR count). The highest BCUT2D eigenvalue weighted by molar-refractivity contribution is 5.14. The van der Waals surface area contributed by atoms with E-state index in [9.17, 15) is 5.11 Å². The minimum Gasteiger partial charge on any atom is -0.396 e. The first-order valence-electron chi connectivity index (χ1n) is 9.61. The average molecular weight is 348 g/mol. The Balaban J connectivity index is 1.73. The van der Waals surface area contributed by atoms with Crippen LogP contribution in [0.3, 0.4) is 0 Å². The van der Waals surface area contributed by atoms with E-state index in [1.807, 2.05) is 6.07 Å². The summed E-state index contributed by atoms with van der Waals surface area (Å²) < 4.78 is 18.0. The molecule has 140 valence electrons. The van der Waals surface area contributed by atoms with Gasteiger partial charge in [-0.05, 0) is 43.6 Å². The van der Waals surface area contributed by atoms with Gasteiger partial charge in [0.2, 0.25) is 0 Å². The fraction of sp³-hybridized carbons (Fsp3) is 0.714.